The first kappa shape index (κ1) is 18.0. The lowest BCUT2D eigenvalue weighted by Crippen LogP contribution is -2.28. The molecule has 21 heavy (non-hydrogen) atoms. The molecule has 0 aromatic heterocycles. The van der Waals surface area contributed by atoms with Gasteiger partial charge >= 0.3 is 0 Å². The van der Waals surface area contributed by atoms with Crippen molar-refractivity contribution >= 4 is 0 Å². The zero-order valence-corrected chi connectivity index (χ0v) is 13.9. The molecule has 0 aliphatic rings. The minimum absolute atomic E-state index is 0.135. The normalized spacial score (nSPS) is 13.2. The Kier molecular flexibility index (Phi) is 7.72. The zero-order valence-electron chi connectivity index (χ0n) is 13.9. The van der Waals surface area contributed by atoms with Crippen LogP contribution in [0.1, 0.15) is 38.8 Å². The number of likely N-dealkylation sites (N-methyl/N-ethyl adjacent to an activating group) is 1. The molecule has 120 valence electrons. The summed E-state index contributed by atoms with van der Waals surface area (Å²) in [5.41, 5.74) is 1.05. The van der Waals surface area contributed by atoms with Crippen molar-refractivity contribution in [3.8, 4) is 5.75 Å². The number of methoxy groups -OCH3 is 2. The summed E-state index contributed by atoms with van der Waals surface area (Å²) in [5.74, 6) is 0.871. The summed E-state index contributed by atoms with van der Waals surface area (Å²) in [6.45, 7) is 8.46. The number of hydrogen-bond acceptors (Lipinski definition) is 4. The molecular formula is C17H29NO3. The third kappa shape index (κ3) is 6.46. The molecule has 1 N–H and O–H groups in total. The lowest BCUT2D eigenvalue weighted by molar-refractivity contribution is -0.0124. The second kappa shape index (κ2) is 9.03. The van der Waals surface area contributed by atoms with Crippen LogP contribution in [0.25, 0.3) is 0 Å². The Balaban J connectivity index is 2.53. The molecule has 1 aromatic carbocycles. The fourth-order valence-corrected chi connectivity index (χ4v) is 2.00. The van der Waals surface area contributed by atoms with Crippen LogP contribution >= 0.6 is 0 Å². The topological polar surface area (TPSA) is 39.7 Å². The van der Waals surface area contributed by atoms with Crippen molar-refractivity contribution in [2.75, 3.05) is 34.0 Å². The maximum absolute atomic E-state index is 5.83. The summed E-state index contributed by atoms with van der Waals surface area (Å²) >= 11 is 0. The molecule has 0 saturated heterocycles. The Morgan fingerprint density at radius 3 is 2.62 bits per heavy atom. The van der Waals surface area contributed by atoms with Gasteiger partial charge in [-0.15, -0.1) is 0 Å². The number of rotatable bonds is 10. The molecule has 0 heterocycles. The third-order valence-electron chi connectivity index (χ3n) is 3.63. The molecule has 0 bridgehead atoms. The fourth-order valence-electron chi connectivity index (χ4n) is 2.00. The van der Waals surface area contributed by atoms with Crippen molar-refractivity contribution in [3.63, 3.8) is 0 Å². The van der Waals surface area contributed by atoms with Gasteiger partial charge in [-0.05, 0) is 44.5 Å². The molecule has 0 aliphatic carbocycles. The number of ether oxygens (including phenoxy) is 3. The zero-order chi connectivity index (χ0) is 15.7. The molecule has 1 unspecified atom stereocenters. The Hall–Kier alpha value is -1.10. The molecule has 1 rings (SSSR count). The lowest BCUT2D eigenvalue weighted by atomic mass is 10.1. The lowest BCUT2D eigenvalue weighted by Gasteiger charge is -2.24. The maximum Gasteiger partial charge on any atom is 0.119 e. The van der Waals surface area contributed by atoms with Crippen molar-refractivity contribution in [2.45, 2.75) is 38.8 Å². The average molecular weight is 295 g/mol. The van der Waals surface area contributed by atoms with E-state index in [2.05, 4.69) is 38.2 Å². The highest BCUT2D eigenvalue weighted by Gasteiger charge is 2.17. The van der Waals surface area contributed by atoms with Crippen LogP contribution in [0.15, 0.2) is 24.3 Å². The first-order valence-corrected chi connectivity index (χ1v) is 7.52. The summed E-state index contributed by atoms with van der Waals surface area (Å²) in [4.78, 5) is 0. The maximum atomic E-state index is 5.83. The van der Waals surface area contributed by atoms with E-state index in [1.165, 1.54) is 5.56 Å². The summed E-state index contributed by atoms with van der Waals surface area (Å²) in [5, 5.41) is 3.45. The average Bonchev–Trinajstić information content (AvgIpc) is 2.50. The molecule has 4 heteroatoms. The summed E-state index contributed by atoms with van der Waals surface area (Å²) in [6.07, 6.45) is 0.875. The SMILES string of the molecule is CCNC(COCCC(C)(C)OC)c1cccc(OC)c1. The predicted molar refractivity (Wildman–Crippen MR) is 85.9 cm³/mol. The smallest absolute Gasteiger partial charge is 0.119 e. The van der Waals surface area contributed by atoms with Crippen LogP contribution in [0.4, 0.5) is 0 Å². The van der Waals surface area contributed by atoms with E-state index >= 15 is 0 Å². The van der Waals surface area contributed by atoms with Gasteiger partial charge in [-0.3, -0.25) is 0 Å². The van der Waals surface area contributed by atoms with Crippen molar-refractivity contribution in [1.29, 1.82) is 0 Å². The standard InChI is InChI=1S/C17H29NO3/c1-6-18-16(13-21-11-10-17(2,3)20-5)14-8-7-9-15(12-14)19-4/h7-9,12,16,18H,6,10-11,13H2,1-5H3. The molecule has 0 amide bonds. The summed E-state index contributed by atoms with van der Waals surface area (Å²) in [6, 6.07) is 8.28. The van der Waals surface area contributed by atoms with Gasteiger partial charge in [0.15, 0.2) is 0 Å². The highest BCUT2D eigenvalue weighted by molar-refractivity contribution is 5.30. The highest BCUT2D eigenvalue weighted by Crippen LogP contribution is 2.20. The first-order valence-electron chi connectivity index (χ1n) is 7.52. The van der Waals surface area contributed by atoms with Gasteiger partial charge in [0.1, 0.15) is 5.75 Å². The van der Waals surface area contributed by atoms with Crippen LogP contribution in [-0.4, -0.2) is 39.6 Å². The van der Waals surface area contributed by atoms with Crippen LogP contribution in [0, 0.1) is 0 Å². The van der Waals surface area contributed by atoms with E-state index in [0.29, 0.717) is 13.2 Å². The van der Waals surface area contributed by atoms with Gasteiger partial charge in [0.05, 0.1) is 25.4 Å². The Labute approximate surface area is 128 Å². The van der Waals surface area contributed by atoms with E-state index in [-0.39, 0.29) is 11.6 Å². The first-order chi connectivity index (χ1) is 10.0. The van der Waals surface area contributed by atoms with E-state index in [0.717, 1.165) is 18.7 Å². The molecule has 0 spiro atoms. The van der Waals surface area contributed by atoms with Gasteiger partial charge in [-0.2, -0.15) is 0 Å². The molecule has 1 atom stereocenters. The van der Waals surface area contributed by atoms with Gasteiger partial charge in [-0.1, -0.05) is 19.1 Å². The van der Waals surface area contributed by atoms with E-state index in [9.17, 15) is 0 Å². The number of benzene rings is 1. The quantitative estimate of drug-likeness (QED) is 0.673. The van der Waals surface area contributed by atoms with Crippen molar-refractivity contribution < 1.29 is 14.2 Å². The molecular weight excluding hydrogens is 266 g/mol. The van der Waals surface area contributed by atoms with E-state index < -0.39 is 0 Å². The molecule has 0 fully saturated rings. The largest absolute Gasteiger partial charge is 0.497 e. The van der Waals surface area contributed by atoms with Gasteiger partial charge in [0.2, 0.25) is 0 Å². The summed E-state index contributed by atoms with van der Waals surface area (Å²) in [7, 11) is 3.42. The van der Waals surface area contributed by atoms with Crippen LogP contribution < -0.4 is 10.1 Å². The predicted octanol–water partition coefficient (Wildman–Crippen LogP) is 3.18. The van der Waals surface area contributed by atoms with Crippen LogP contribution in [0.3, 0.4) is 0 Å². The number of nitrogens with one attached hydrogen (secondary N) is 1. The molecule has 4 nitrogen and oxygen atoms in total. The monoisotopic (exact) mass is 295 g/mol. The van der Waals surface area contributed by atoms with Crippen molar-refractivity contribution in [3.05, 3.63) is 29.8 Å². The second-order valence-electron chi connectivity index (χ2n) is 5.68. The van der Waals surface area contributed by atoms with E-state index in [4.69, 9.17) is 14.2 Å². The van der Waals surface area contributed by atoms with Crippen LogP contribution in [0.5, 0.6) is 5.75 Å². The molecule has 0 saturated carbocycles. The molecule has 1 aromatic rings. The van der Waals surface area contributed by atoms with Gasteiger partial charge in [-0.25, -0.2) is 0 Å². The van der Waals surface area contributed by atoms with Crippen LogP contribution in [-0.2, 0) is 9.47 Å². The fraction of sp³-hybridized carbons (Fsp3) is 0.647. The van der Waals surface area contributed by atoms with Crippen molar-refractivity contribution in [2.24, 2.45) is 0 Å². The second-order valence-corrected chi connectivity index (χ2v) is 5.68. The summed E-state index contributed by atoms with van der Waals surface area (Å²) < 4.78 is 16.5. The minimum Gasteiger partial charge on any atom is -0.497 e. The van der Waals surface area contributed by atoms with Gasteiger partial charge in [0, 0.05) is 13.7 Å². The molecule has 0 radical (unpaired) electrons. The number of hydrogen-bond donors (Lipinski definition) is 1. The van der Waals surface area contributed by atoms with E-state index in [1.807, 2.05) is 12.1 Å². The highest BCUT2D eigenvalue weighted by atomic mass is 16.5. The Bertz CT molecular complexity index is 407. The van der Waals surface area contributed by atoms with Gasteiger partial charge < -0.3 is 19.5 Å². The van der Waals surface area contributed by atoms with Gasteiger partial charge in [0.25, 0.3) is 0 Å². The Morgan fingerprint density at radius 2 is 2.00 bits per heavy atom. The Morgan fingerprint density at radius 1 is 1.24 bits per heavy atom. The minimum atomic E-state index is -0.135. The van der Waals surface area contributed by atoms with Crippen LogP contribution in [0.2, 0.25) is 0 Å². The van der Waals surface area contributed by atoms with E-state index in [1.54, 1.807) is 14.2 Å². The van der Waals surface area contributed by atoms with Crippen molar-refractivity contribution in [1.82, 2.24) is 5.32 Å². The third-order valence-corrected chi connectivity index (χ3v) is 3.63. The molecule has 0 aliphatic heterocycles.